The first kappa shape index (κ1) is 28.5. The van der Waals surface area contributed by atoms with E-state index in [4.69, 9.17) is 10.5 Å². The zero-order valence-corrected chi connectivity index (χ0v) is 23.0. The van der Waals surface area contributed by atoms with Crippen molar-refractivity contribution in [2.45, 2.75) is 18.6 Å². The maximum absolute atomic E-state index is 14.8. The molecule has 0 bridgehead atoms. The highest BCUT2D eigenvalue weighted by Crippen LogP contribution is 2.31. The molecular weight excluding hydrogens is 541 g/mol. The summed E-state index contributed by atoms with van der Waals surface area (Å²) in [5.74, 6) is 4.13. The van der Waals surface area contributed by atoms with Gasteiger partial charge in [0.25, 0.3) is 5.91 Å². The molecule has 1 fully saturated rings. The van der Waals surface area contributed by atoms with Crippen LogP contribution in [0.3, 0.4) is 0 Å². The molecule has 1 atom stereocenters. The number of aromatic nitrogens is 2. The normalized spacial score (nSPS) is 16.2. The lowest BCUT2D eigenvalue weighted by Crippen LogP contribution is -2.57. The number of carbonyl (C=O) groups excluding carboxylic acids is 3. The van der Waals surface area contributed by atoms with E-state index in [9.17, 15) is 18.8 Å². The Hall–Kier alpha value is -5.02. The van der Waals surface area contributed by atoms with Gasteiger partial charge in [0.1, 0.15) is 0 Å². The van der Waals surface area contributed by atoms with Crippen molar-refractivity contribution in [3.63, 3.8) is 0 Å². The Kier molecular flexibility index (Phi) is 8.31. The van der Waals surface area contributed by atoms with Gasteiger partial charge in [0, 0.05) is 69.1 Å². The molecule has 1 aromatic carbocycles. The zero-order chi connectivity index (χ0) is 29.7. The molecule has 0 radical (unpaired) electrons. The highest BCUT2D eigenvalue weighted by atomic mass is 19.1. The number of carbonyl (C=O) groups is 3. The second-order valence-electron chi connectivity index (χ2n) is 10.1. The van der Waals surface area contributed by atoms with Gasteiger partial charge in [0.05, 0.1) is 24.9 Å². The lowest BCUT2D eigenvalue weighted by Gasteiger charge is -2.35. The van der Waals surface area contributed by atoms with Crippen LogP contribution in [0, 0.1) is 17.7 Å². The van der Waals surface area contributed by atoms with Gasteiger partial charge in [-0.3, -0.25) is 24.5 Å². The molecule has 0 spiro atoms. The highest BCUT2D eigenvalue weighted by molar-refractivity contribution is 5.99. The van der Waals surface area contributed by atoms with E-state index >= 15 is 0 Å². The molecule has 3 N–H and O–H groups in total. The molecule has 3 aromatic rings. The predicted molar refractivity (Wildman–Crippen MR) is 152 cm³/mol. The number of fused-ring (bicyclic) bond motifs is 1. The number of methoxy groups -OCH3 is 1. The van der Waals surface area contributed by atoms with Gasteiger partial charge in [0.15, 0.2) is 23.4 Å². The van der Waals surface area contributed by atoms with E-state index in [1.165, 1.54) is 18.1 Å². The third kappa shape index (κ3) is 6.16. The predicted octanol–water partition coefficient (Wildman–Crippen LogP) is 1.56. The number of anilines is 1. The van der Waals surface area contributed by atoms with E-state index in [1.807, 2.05) is 18.2 Å². The fraction of sp³-hybridized carbons (Fsp3) is 0.300. The third-order valence-corrected chi connectivity index (χ3v) is 7.30. The Labute approximate surface area is 242 Å². The number of halogens is 1. The Bertz CT molecular complexity index is 1530. The van der Waals surface area contributed by atoms with Crippen LogP contribution >= 0.6 is 0 Å². The number of piperazine rings is 1. The SMILES string of the molecule is COc1ccc2c(c1F)C(=O)N(C[C@](C#Cc1ccc(CN3CCN(c4ccncc4)CC3)nc1)(C=O)NC(N)=O)C2. The highest BCUT2D eigenvalue weighted by Gasteiger charge is 2.39. The number of urea groups is 1. The second-order valence-corrected chi connectivity index (χ2v) is 10.1. The summed E-state index contributed by atoms with van der Waals surface area (Å²) < 4.78 is 19.8. The van der Waals surface area contributed by atoms with E-state index in [0.29, 0.717) is 24.0 Å². The Morgan fingerprint density at radius 1 is 1.17 bits per heavy atom. The molecule has 0 saturated carbocycles. The maximum atomic E-state index is 14.8. The van der Waals surface area contributed by atoms with E-state index in [1.54, 1.807) is 30.7 Å². The van der Waals surface area contributed by atoms with Gasteiger partial charge in [-0.25, -0.2) is 9.18 Å². The van der Waals surface area contributed by atoms with Crippen molar-refractivity contribution in [1.82, 2.24) is 25.1 Å². The number of primary amides is 1. The van der Waals surface area contributed by atoms with Crippen molar-refractivity contribution in [1.29, 1.82) is 0 Å². The average molecular weight is 572 g/mol. The van der Waals surface area contributed by atoms with Crippen LogP contribution in [0.2, 0.25) is 0 Å². The molecule has 216 valence electrons. The molecule has 3 amide bonds. The summed E-state index contributed by atoms with van der Waals surface area (Å²) >= 11 is 0. The first-order chi connectivity index (χ1) is 20.3. The zero-order valence-electron chi connectivity index (χ0n) is 23.0. The lowest BCUT2D eigenvalue weighted by molar-refractivity contribution is -0.111. The number of pyridine rings is 2. The molecule has 2 aromatic heterocycles. The third-order valence-electron chi connectivity index (χ3n) is 7.30. The van der Waals surface area contributed by atoms with Crippen LogP contribution in [0.4, 0.5) is 14.9 Å². The molecule has 1 saturated heterocycles. The average Bonchev–Trinajstić information content (AvgIpc) is 3.32. The molecule has 11 nitrogen and oxygen atoms in total. The van der Waals surface area contributed by atoms with E-state index in [2.05, 4.69) is 36.9 Å². The number of hydrogen-bond donors (Lipinski definition) is 2. The standard InChI is InChI=1S/C30H30FN7O4/c1-42-25-5-3-22-17-38(28(40)26(22)27(25)31)19-30(20-39,35-29(32)41)9-6-21-2-4-23(34-16-21)18-36-12-14-37(15-13-36)24-7-10-33-11-8-24/h2-5,7-8,10-11,16,20H,12-15,17-19H2,1H3,(H3,32,35,41)/t30-/m1/s1. The summed E-state index contributed by atoms with van der Waals surface area (Å²) in [4.78, 5) is 51.6. The molecule has 4 heterocycles. The summed E-state index contributed by atoms with van der Waals surface area (Å²) in [6.07, 6.45) is 5.60. The maximum Gasteiger partial charge on any atom is 0.313 e. The quantitative estimate of drug-likeness (QED) is 0.308. The minimum atomic E-state index is -1.82. The number of amides is 3. The fourth-order valence-corrected chi connectivity index (χ4v) is 5.13. The molecule has 12 heteroatoms. The van der Waals surface area contributed by atoms with Crippen LogP contribution in [0.25, 0.3) is 0 Å². The summed E-state index contributed by atoms with van der Waals surface area (Å²) in [6, 6.07) is 9.67. The van der Waals surface area contributed by atoms with Crippen molar-refractivity contribution in [2.75, 3.05) is 44.7 Å². The number of nitrogens with one attached hydrogen (secondary N) is 1. The lowest BCUT2D eigenvalue weighted by atomic mass is 10.0. The van der Waals surface area contributed by atoms with Gasteiger partial charge in [-0.1, -0.05) is 17.9 Å². The van der Waals surface area contributed by atoms with Gasteiger partial charge >= 0.3 is 6.03 Å². The molecular formula is C30H30FN7O4. The van der Waals surface area contributed by atoms with Crippen LogP contribution in [-0.2, 0) is 17.9 Å². The smallest absolute Gasteiger partial charge is 0.313 e. The topological polar surface area (TPSA) is 134 Å². The van der Waals surface area contributed by atoms with Crippen LogP contribution in [-0.4, -0.2) is 83.4 Å². The van der Waals surface area contributed by atoms with Crippen molar-refractivity contribution in [3.05, 3.63) is 83.2 Å². The van der Waals surface area contributed by atoms with Gasteiger partial charge in [0.2, 0.25) is 0 Å². The molecule has 0 aliphatic carbocycles. The van der Waals surface area contributed by atoms with Crippen molar-refractivity contribution in [3.8, 4) is 17.6 Å². The number of nitrogens with zero attached hydrogens (tertiary/aromatic N) is 5. The minimum absolute atomic E-state index is 0.0276. The van der Waals surface area contributed by atoms with Gasteiger partial charge < -0.3 is 25.6 Å². The van der Waals surface area contributed by atoms with Crippen LogP contribution in [0.15, 0.2) is 55.0 Å². The molecule has 2 aliphatic heterocycles. The van der Waals surface area contributed by atoms with Crippen LogP contribution < -0.4 is 20.7 Å². The first-order valence-corrected chi connectivity index (χ1v) is 13.3. The summed E-state index contributed by atoms with van der Waals surface area (Å²) in [5, 5.41) is 2.36. The molecule has 42 heavy (non-hydrogen) atoms. The first-order valence-electron chi connectivity index (χ1n) is 13.3. The minimum Gasteiger partial charge on any atom is -0.494 e. The number of benzene rings is 1. The van der Waals surface area contributed by atoms with Gasteiger partial charge in [-0.2, -0.15) is 0 Å². The van der Waals surface area contributed by atoms with Gasteiger partial charge in [-0.15, -0.1) is 0 Å². The number of rotatable bonds is 8. The monoisotopic (exact) mass is 571 g/mol. The number of ether oxygens (including phenoxy) is 1. The summed E-state index contributed by atoms with van der Waals surface area (Å²) in [6.45, 7) is 3.96. The van der Waals surface area contributed by atoms with E-state index in [0.717, 1.165) is 37.6 Å². The van der Waals surface area contributed by atoms with Crippen LogP contribution in [0.5, 0.6) is 5.75 Å². The molecule has 5 rings (SSSR count). The number of nitrogens with two attached hydrogens (primary N) is 1. The second kappa shape index (κ2) is 12.2. The fourth-order valence-electron chi connectivity index (χ4n) is 5.13. The van der Waals surface area contributed by atoms with Gasteiger partial charge in [-0.05, 0) is 35.9 Å². The molecule has 2 aliphatic rings. The van der Waals surface area contributed by atoms with Crippen molar-refractivity contribution < 1.29 is 23.5 Å². The summed E-state index contributed by atoms with van der Waals surface area (Å²) in [7, 11) is 1.30. The largest absolute Gasteiger partial charge is 0.494 e. The number of aldehydes is 1. The molecule has 0 unspecified atom stereocenters. The Morgan fingerprint density at radius 3 is 2.57 bits per heavy atom. The summed E-state index contributed by atoms with van der Waals surface area (Å²) in [5.41, 5.74) is 6.36. The number of hydrogen-bond acceptors (Lipinski definition) is 8. The Balaban J connectivity index is 1.25. The Morgan fingerprint density at radius 2 is 1.93 bits per heavy atom. The van der Waals surface area contributed by atoms with Crippen LogP contribution in [0.1, 0.15) is 27.2 Å². The van der Waals surface area contributed by atoms with E-state index < -0.39 is 23.3 Å². The van der Waals surface area contributed by atoms with Crippen molar-refractivity contribution in [2.24, 2.45) is 5.73 Å². The van der Waals surface area contributed by atoms with E-state index in [-0.39, 0.29) is 24.4 Å². The van der Waals surface area contributed by atoms with Crippen molar-refractivity contribution >= 4 is 23.9 Å².